The maximum atomic E-state index is 13.8. The Morgan fingerprint density at radius 2 is 2.09 bits per heavy atom. The number of rotatable bonds is 3. The highest BCUT2D eigenvalue weighted by molar-refractivity contribution is 5.92. The molecule has 5 heteroatoms. The van der Waals surface area contributed by atoms with Crippen molar-refractivity contribution < 1.29 is 16.5 Å². The van der Waals surface area contributed by atoms with Crippen molar-refractivity contribution in [2.45, 2.75) is 31.3 Å². The Balaban J connectivity index is 0.00000113. The smallest absolute Gasteiger partial charge is 0.287 e. The van der Waals surface area contributed by atoms with Gasteiger partial charge in [0.15, 0.2) is 5.76 Å². The second-order valence-corrected chi connectivity index (χ2v) is 6.31. The lowest BCUT2D eigenvalue weighted by Crippen LogP contribution is -2.59. The van der Waals surface area contributed by atoms with Gasteiger partial charge in [-0.05, 0) is 56.0 Å². The Kier molecular flexibility index (Phi) is 3.65. The molecule has 4 nitrogen and oxygen atoms in total. The first-order chi connectivity index (χ1) is 11.2. The molecule has 0 spiro atoms. The molecule has 1 amide bonds. The van der Waals surface area contributed by atoms with E-state index in [1.165, 1.54) is 12.5 Å². The lowest BCUT2D eigenvalue weighted by molar-refractivity contribution is 0.0774. The van der Waals surface area contributed by atoms with Crippen molar-refractivity contribution in [2.24, 2.45) is 5.92 Å². The summed E-state index contributed by atoms with van der Waals surface area (Å²) in [5.41, 5.74) is 0.368. The molecule has 2 aliphatic rings. The summed E-state index contributed by atoms with van der Waals surface area (Å²) in [6.45, 7) is 0.935. The van der Waals surface area contributed by atoms with Gasteiger partial charge < -0.3 is 15.1 Å². The summed E-state index contributed by atoms with van der Waals surface area (Å²) in [5.74, 6) is 0.557. The number of halogens is 1. The first kappa shape index (κ1) is 14.5. The Bertz CT molecular complexity index is 737. The summed E-state index contributed by atoms with van der Waals surface area (Å²) < 4.78 is 19.4. The maximum Gasteiger partial charge on any atom is 0.287 e. The van der Waals surface area contributed by atoms with Gasteiger partial charge in [-0.25, -0.2) is 4.39 Å². The monoisotopic (exact) mass is 318 g/mol. The largest absolute Gasteiger partial charge is 0.451 e. The number of nitrogens with one attached hydrogen (secondary N) is 2. The van der Waals surface area contributed by atoms with Crippen molar-refractivity contribution in [1.82, 2.24) is 10.6 Å². The van der Waals surface area contributed by atoms with Crippen LogP contribution in [0.4, 0.5) is 4.39 Å². The average Bonchev–Trinajstić information content (AvgIpc) is 2.99. The zero-order chi connectivity index (χ0) is 15.8. The van der Waals surface area contributed by atoms with E-state index in [1.807, 2.05) is 0 Å². The van der Waals surface area contributed by atoms with E-state index in [0.717, 1.165) is 19.4 Å². The Morgan fingerprint density at radius 3 is 2.87 bits per heavy atom. The molecule has 1 aliphatic carbocycles. The fourth-order valence-corrected chi connectivity index (χ4v) is 3.58. The SMILES string of the molecule is O=C(N[C@@H]1CCNC2CCC21)c1ccc(-c2ccccc2F)o1.[HH].[HH]. The number of hydrogen-bond acceptors (Lipinski definition) is 3. The molecule has 2 N–H and O–H groups in total. The molecule has 1 aromatic heterocycles. The van der Waals surface area contributed by atoms with Gasteiger partial charge in [0.1, 0.15) is 11.6 Å². The van der Waals surface area contributed by atoms with Gasteiger partial charge >= 0.3 is 0 Å². The second kappa shape index (κ2) is 5.81. The molecule has 2 fully saturated rings. The van der Waals surface area contributed by atoms with Gasteiger partial charge in [-0.15, -0.1) is 0 Å². The minimum Gasteiger partial charge on any atom is -0.451 e. The maximum absolute atomic E-state index is 13.8. The van der Waals surface area contributed by atoms with Crippen LogP contribution < -0.4 is 10.6 Å². The molecule has 2 heterocycles. The third-order valence-electron chi connectivity index (χ3n) is 4.99. The summed E-state index contributed by atoms with van der Waals surface area (Å²) in [5, 5.41) is 6.56. The van der Waals surface area contributed by atoms with Gasteiger partial charge in [-0.1, -0.05) is 12.1 Å². The van der Waals surface area contributed by atoms with Crippen LogP contribution in [-0.2, 0) is 0 Å². The first-order valence-electron chi connectivity index (χ1n) is 8.11. The number of furan rings is 1. The molecule has 0 bridgehead atoms. The summed E-state index contributed by atoms with van der Waals surface area (Å²) in [6, 6.07) is 10.4. The van der Waals surface area contributed by atoms with E-state index in [1.54, 1.807) is 30.3 Å². The Labute approximate surface area is 137 Å². The average molecular weight is 318 g/mol. The quantitative estimate of drug-likeness (QED) is 0.911. The Hall–Kier alpha value is -2.14. The fourth-order valence-electron chi connectivity index (χ4n) is 3.58. The lowest BCUT2D eigenvalue weighted by atomic mass is 9.71. The topological polar surface area (TPSA) is 54.3 Å². The minimum absolute atomic E-state index is 0. The number of amides is 1. The molecular formula is C18H23FN2O2. The van der Waals surface area contributed by atoms with Gasteiger partial charge in [0.25, 0.3) is 5.91 Å². The second-order valence-electron chi connectivity index (χ2n) is 6.31. The summed E-state index contributed by atoms with van der Waals surface area (Å²) in [4.78, 5) is 12.4. The van der Waals surface area contributed by atoms with Gasteiger partial charge in [-0.2, -0.15) is 0 Å². The van der Waals surface area contributed by atoms with E-state index in [2.05, 4.69) is 10.6 Å². The van der Waals surface area contributed by atoms with E-state index in [-0.39, 0.29) is 26.4 Å². The molecule has 3 atom stereocenters. The Morgan fingerprint density at radius 1 is 1.22 bits per heavy atom. The highest BCUT2D eigenvalue weighted by Gasteiger charge is 2.40. The fraction of sp³-hybridized carbons (Fsp3) is 0.389. The van der Waals surface area contributed by atoms with Crippen LogP contribution in [0.25, 0.3) is 11.3 Å². The van der Waals surface area contributed by atoms with Crippen LogP contribution in [0.15, 0.2) is 40.8 Å². The van der Waals surface area contributed by atoms with E-state index in [0.29, 0.717) is 23.3 Å². The van der Waals surface area contributed by atoms with Gasteiger partial charge in [0.2, 0.25) is 0 Å². The predicted molar refractivity (Wildman–Crippen MR) is 88.7 cm³/mol. The molecule has 1 saturated heterocycles. The van der Waals surface area contributed by atoms with Crippen molar-refractivity contribution >= 4 is 5.91 Å². The number of carbonyl (C=O) groups is 1. The van der Waals surface area contributed by atoms with Gasteiger partial charge in [-0.3, -0.25) is 4.79 Å². The zero-order valence-corrected chi connectivity index (χ0v) is 12.7. The summed E-state index contributed by atoms with van der Waals surface area (Å²) >= 11 is 0. The lowest BCUT2D eigenvalue weighted by Gasteiger charge is -2.46. The van der Waals surface area contributed by atoms with Crippen molar-refractivity contribution in [2.75, 3.05) is 6.54 Å². The number of hydrogen-bond donors (Lipinski definition) is 2. The van der Waals surface area contributed by atoms with Gasteiger partial charge in [0, 0.05) is 14.9 Å². The number of carbonyl (C=O) groups excluding carboxylic acids is 1. The van der Waals surface area contributed by atoms with E-state index >= 15 is 0 Å². The summed E-state index contributed by atoms with van der Waals surface area (Å²) in [6.07, 6.45) is 3.28. The summed E-state index contributed by atoms with van der Waals surface area (Å²) in [7, 11) is 0. The van der Waals surface area contributed by atoms with Crippen LogP contribution in [0, 0.1) is 11.7 Å². The predicted octanol–water partition coefficient (Wildman–Crippen LogP) is 3.45. The van der Waals surface area contributed by atoms with Crippen LogP contribution in [0.1, 0.15) is 32.7 Å². The molecule has 4 rings (SSSR count). The van der Waals surface area contributed by atoms with E-state index in [9.17, 15) is 9.18 Å². The standard InChI is InChI=1S/C18H19FN2O2.2H2/c19-13-4-2-1-3-11(13)16-7-8-17(23-16)18(22)21-15-9-10-20-14-6-5-12(14)15;;/h1-4,7-8,12,14-15,20H,5-6,9-10H2,(H,21,22);2*1H/t12?,14?,15-;;/m1../s1. The third-order valence-corrected chi connectivity index (χ3v) is 4.99. The van der Waals surface area contributed by atoms with Crippen molar-refractivity contribution in [3.63, 3.8) is 0 Å². The minimum atomic E-state index is -0.357. The molecular weight excluding hydrogens is 295 g/mol. The molecule has 0 radical (unpaired) electrons. The van der Waals surface area contributed by atoms with E-state index in [4.69, 9.17) is 4.42 Å². The molecule has 124 valence electrons. The first-order valence-corrected chi connectivity index (χ1v) is 8.11. The molecule has 2 aromatic rings. The van der Waals surface area contributed by atoms with Crippen LogP contribution in [0.2, 0.25) is 0 Å². The highest BCUT2D eigenvalue weighted by Crippen LogP contribution is 2.34. The zero-order valence-electron chi connectivity index (χ0n) is 12.7. The number of benzene rings is 1. The van der Waals surface area contributed by atoms with Crippen LogP contribution in [-0.4, -0.2) is 24.5 Å². The van der Waals surface area contributed by atoms with Gasteiger partial charge in [0.05, 0.1) is 5.56 Å². The van der Waals surface area contributed by atoms with Crippen LogP contribution in [0.5, 0.6) is 0 Å². The van der Waals surface area contributed by atoms with Crippen LogP contribution >= 0.6 is 0 Å². The molecule has 2 unspecified atom stereocenters. The highest BCUT2D eigenvalue weighted by atomic mass is 19.1. The van der Waals surface area contributed by atoms with Crippen LogP contribution in [0.3, 0.4) is 0 Å². The van der Waals surface area contributed by atoms with E-state index < -0.39 is 0 Å². The normalized spacial score (nSPS) is 26.2. The van der Waals surface area contributed by atoms with Crippen molar-refractivity contribution in [3.8, 4) is 11.3 Å². The van der Waals surface area contributed by atoms with Crippen molar-refractivity contribution in [3.05, 3.63) is 48.0 Å². The third kappa shape index (κ3) is 2.65. The molecule has 23 heavy (non-hydrogen) atoms. The number of fused-ring (bicyclic) bond motifs is 1. The molecule has 1 aromatic carbocycles. The van der Waals surface area contributed by atoms with Crippen molar-refractivity contribution in [1.29, 1.82) is 0 Å². The molecule has 1 aliphatic heterocycles. The number of piperidine rings is 1. The molecule has 1 saturated carbocycles.